The molecule has 1 aromatic rings. The maximum atomic E-state index is 13.9. The molecule has 0 spiro atoms. The molecule has 132 valence electrons. The number of nitrogens with one attached hydrogen (secondary N) is 1. The zero-order valence-electron chi connectivity index (χ0n) is 13.6. The Kier molecular flexibility index (Phi) is 5.12. The first-order valence-electron chi connectivity index (χ1n) is 8.37. The number of aliphatic hydroxyl groups is 1. The van der Waals surface area contributed by atoms with Crippen molar-refractivity contribution in [2.45, 2.75) is 25.0 Å². The third kappa shape index (κ3) is 3.58. The van der Waals surface area contributed by atoms with Gasteiger partial charge < -0.3 is 15.3 Å². The second-order valence-electron chi connectivity index (χ2n) is 6.60. The van der Waals surface area contributed by atoms with Gasteiger partial charge in [-0.1, -0.05) is 12.1 Å². The summed E-state index contributed by atoms with van der Waals surface area (Å²) in [6.45, 7) is 3.95. The van der Waals surface area contributed by atoms with Crippen LogP contribution in [0.4, 0.5) is 8.78 Å². The normalized spacial score (nSPS) is 26.0. The molecule has 5 nitrogen and oxygen atoms in total. The minimum atomic E-state index is -1.45. The predicted molar refractivity (Wildman–Crippen MR) is 85.3 cm³/mol. The van der Waals surface area contributed by atoms with Crippen LogP contribution in [0.3, 0.4) is 0 Å². The van der Waals surface area contributed by atoms with E-state index in [4.69, 9.17) is 0 Å². The van der Waals surface area contributed by atoms with E-state index in [9.17, 15) is 18.7 Å². The van der Waals surface area contributed by atoms with Crippen LogP contribution in [0, 0.1) is 11.6 Å². The van der Waals surface area contributed by atoms with Crippen molar-refractivity contribution in [3.8, 4) is 0 Å². The smallest absolute Gasteiger partial charge is 0.256 e. The second-order valence-corrected chi connectivity index (χ2v) is 6.60. The van der Waals surface area contributed by atoms with E-state index >= 15 is 0 Å². The molecule has 1 aromatic carbocycles. The van der Waals surface area contributed by atoms with E-state index < -0.39 is 23.1 Å². The number of hydrogen-bond acceptors (Lipinski definition) is 4. The van der Waals surface area contributed by atoms with Gasteiger partial charge in [0.1, 0.15) is 0 Å². The van der Waals surface area contributed by atoms with Crippen molar-refractivity contribution in [2.75, 3.05) is 39.3 Å². The highest BCUT2D eigenvalue weighted by atomic mass is 19.2. The van der Waals surface area contributed by atoms with Crippen LogP contribution >= 0.6 is 0 Å². The summed E-state index contributed by atoms with van der Waals surface area (Å²) < 4.78 is 27.2. The number of amides is 1. The number of β-amino-alcohol motifs (C(OH)–C–C–N with tert-alkyl or cyclic N) is 1. The van der Waals surface area contributed by atoms with Gasteiger partial charge in [0.2, 0.25) is 0 Å². The van der Waals surface area contributed by atoms with Gasteiger partial charge in [-0.3, -0.25) is 9.69 Å². The van der Waals surface area contributed by atoms with E-state index in [1.807, 2.05) is 0 Å². The van der Waals surface area contributed by atoms with Crippen LogP contribution in [0.5, 0.6) is 0 Å². The van der Waals surface area contributed by atoms with Crippen LogP contribution in [-0.2, 0) is 11.3 Å². The Morgan fingerprint density at radius 1 is 1.21 bits per heavy atom. The number of carbonyl (C=O) groups excluding carboxylic acids is 1. The molecule has 2 aliphatic heterocycles. The van der Waals surface area contributed by atoms with E-state index in [-0.39, 0.29) is 18.7 Å². The molecule has 0 radical (unpaired) electrons. The van der Waals surface area contributed by atoms with Crippen LogP contribution in [-0.4, -0.2) is 65.7 Å². The highest BCUT2D eigenvalue weighted by molar-refractivity contribution is 5.86. The first kappa shape index (κ1) is 17.3. The van der Waals surface area contributed by atoms with Gasteiger partial charge in [-0.25, -0.2) is 8.78 Å². The van der Waals surface area contributed by atoms with E-state index in [1.54, 1.807) is 0 Å². The molecule has 2 fully saturated rings. The predicted octanol–water partition coefficient (Wildman–Crippen LogP) is 0.723. The van der Waals surface area contributed by atoms with Crippen molar-refractivity contribution in [3.63, 3.8) is 0 Å². The maximum absolute atomic E-state index is 13.9. The van der Waals surface area contributed by atoms with Gasteiger partial charge in [-0.15, -0.1) is 0 Å². The Morgan fingerprint density at radius 2 is 1.96 bits per heavy atom. The highest BCUT2D eigenvalue weighted by Gasteiger charge is 2.43. The first-order valence-corrected chi connectivity index (χ1v) is 8.37. The first-order chi connectivity index (χ1) is 11.5. The average molecular weight is 339 g/mol. The number of rotatable bonds is 4. The number of piperazine rings is 1. The number of hydrogen-bond donors (Lipinski definition) is 2. The molecule has 2 heterocycles. The number of nitrogens with zero attached hydrogens (tertiary/aromatic N) is 2. The summed E-state index contributed by atoms with van der Waals surface area (Å²) in [6, 6.07) is 3.95. The second kappa shape index (κ2) is 7.13. The summed E-state index contributed by atoms with van der Waals surface area (Å²) in [6.07, 6.45) is 1.04. The lowest BCUT2D eigenvalue weighted by Gasteiger charge is -2.41. The molecule has 1 atom stereocenters. The number of halogens is 2. The number of likely N-dealkylation sites (tertiary alicyclic amines) is 1. The van der Waals surface area contributed by atoms with E-state index in [1.165, 1.54) is 17.0 Å². The summed E-state index contributed by atoms with van der Waals surface area (Å²) in [5.41, 5.74) is -1.31. The molecule has 0 saturated carbocycles. The van der Waals surface area contributed by atoms with E-state index in [0.717, 1.165) is 32.2 Å². The fourth-order valence-corrected chi connectivity index (χ4v) is 3.48. The minimum Gasteiger partial charge on any atom is -0.379 e. The minimum absolute atomic E-state index is 0.0215. The topological polar surface area (TPSA) is 55.8 Å². The van der Waals surface area contributed by atoms with E-state index in [0.29, 0.717) is 19.4 Å². The van der Waals surface area contributed by atoms with Gasteiger partial charge >= 0.3 is 0 Å². The van der Waals surface area contributed by atoms with Crippen LogP contribution < -0.4 is 5.32 Å². The zero-order chi connectivity index (χ0) is 17.2. The summed E-state index contributed by atoms with van der Waals surface area (Å²) in [5.74, 6) is -2.24. The Hall–Kier alpha value is -1.57. The van der Waals surface area contributed by atoms with Gasteiger partial charge in [0.15, 0.2) is 17.2 Å². The number of piperidine rings is 1. The molecule has 7 heteroatoms. The number of carbonyl (C=O) groups is 1. The molecule has 2 saturated heterocycles. The Morgan fingerprint density at radius 3 is 2.71 bits per heavy atom. The van der Waals surface area contributed by atoms with Crippen molar-refractivity contribution >= 4 is 5.91 Å². The van der Waals surface area contributed by atoms with Crippen LogP contribution in [0.2, 0.25) is 0 Å². The lowest BCUT2D eigenvalue weighted by atomic mass is 9.90. The largest absolute Gasteiger partial charge is 0.379 e. The van der Waals surface area contributed by atoms with Gasteiger partial charge in [-0.05, 0) is 18.9 Å². The third-order valence-corrected chi connectivity index (χ3v) is 4.79. The highest BCUT2D eigenvalue weighted by Crippen LogP contribution is 2.26. The molecule has 2 N–H and O–H groups in total. The third-order valence-electron chi connectivity index (χ3n) is 4.79. The van der Waals surface area contributed by atoms with E-state index in [2.05, 4.69) is 10.2 Å². The SMILES string of the molecule is O=C1N(Cc2cccc(F)c2F)CCCC1(O)CN1CCNCC1. The lowest BCUT2D eigenvalue weighted by Crippen LogP contribution is -2.60. The zero-order valence-corrected chi connectivity index (χ0v) is 13.6. The molecule has 0 aromatic heterocycles. The molecule has 1 unspecified atom stereocenters. The maximum Gasteiger partial charge on any atom is 0.256 e. The summed E-state index contributed by atoms with van der Waals surface area (Å²) in [5, 5.41) is 14.1. The van der Waals surface area contributed by atoms with Crippen LogP contribution in [0.1, 0.15) is 18.4 Å². The van der Waals surface area contributed by atoms with Crippen LogP contribution in [0.25, 0.3) is 0 Å². The molecule has 24 heavy (non-hydrogen) atoms. The van der Waals surface area contributed by atoms with Crippen molar-refractivity contribution in [1.82, 2.24) is 15.1 Å². The monoisotopic (exact) mass is 339 g/mol. The standard InChI is InChI=1S/C17H23F2N3O2/c18-14-4-1-3-13(15(14)19)11-22-8-2-5-17(24,16(22)23)12-21-9-6-20-7-10-21/h1,3-4,20,24H,2,5-12H2. The summed E-state index contributed by atoms with van der Waals surface area (Å²) >= 11 is 0. The molecule has 0 bridgehead atoms. The summed E-state index contributed by atoms with van der Waals surface area (Å²) in [4.78, 5) is 16.2. The molecule has 0 aliphatic carbocycles. The average Bonchev–Trinajstić information content (AvgIpc) is 2.57. The van der Waals surface area contributed by atoms with Crippen molar-refractivity contribution in [3.05, 3.63) is 35.4 Å². The number of benzene rings is 1. The van der Waals surface area contributed by atoms with Crippen LogP contribution in [0.15, 0.2) is 18.2 Å². The van der Waals surface area contributed by atoms with Crippen molar-refractivity contribution in [2.24, 2.45) is 0 Å². The fourth-order valence-electron chi connectivity index (χ4n) is 3.48. The van der Waals surface area contributed by atoms with Gasteiger partial charge in [-0.2, -0.15) is 0 Å². The van der Waals surface area contributed by atoms with Gasteiger partial charge in [0.25, 0.3) is 5.91 Å². The molecule has 1 amide bonds. The lowest BCUT2D eigenvalue weighted by molar-refractivity contribution is -0.160. The molecule has 2 aliphatic rings. The van der Waals surface area contributed by atoms with Crippen molar-refractivity contribution in [1.29, 1.82) is 0 Å². The van der Waals surface area contributed by atoms with Crippen molar-refractivity contribution < 1.29 is 18.7 Å². The Bertz CT molecular complexity index is 607. The fraction of sp³-hybridized carbons (Fsp3) is 0.588. The molecular formula is C17H23F2N3O2. The quantitative estimate of drug-likeness (QED) is 0.849. The summed E-state index contributed by atoms with van der Waals surface area (Å²) in [7, 11) is 0. The molecule has 3 rings (SSSR count). The van der Waals surface area contributed by atoms with Gasteiger partial charge in [0.05, 0.1) is 0 Å². The molecular weight excluding hydrogens is 316 g/mol. The van der Waals surface area contributed by atoms with Gasteiger partial charge in [0, 0.05) is 51.4 Å². The Labute approximate surface area is 140 Å². The Balaban J connectivity index is 1.70.